The summed E-state index contributed by atoms with van der Waals surface area (Å²) < 4.78 is 0. The first-order valence-electron chi connectivity index (χ1n) is 7.79. The zero-order chi connectivity index (χ0) is 15.1. The summed E-state index contributed by atoms with van der Waals surface area (Å²) in [5, 5.41) is 2.86. The van der Waals surface area contributed by atoms with Crippen molar-refractivity contribution < 1.29 is 9.59 Å². The van der Waals surface area contributed by atoms with Gasteiger partial charge < -0.3 is 10.2 Å². The lowest BCUT2D eigenvalue weighted by Gasteiger charge is -2.20. The summed E-state index contributed by atoms with van der Waals surface area (Å²) in [6.07, 6.45) is 4.92. The van der Waals surface area contributed by atoms with Crippen molar-refractivity contribution in [2.75, 3.05) is 19.6 Å². The van der Waals surface area contributed by atoms with E-state index in [0.717, 1.165) is 31.5 Å². The Hall–Kier alpha value is -1.84. The second-order valence-electron chi connectivity index (χ2n) is 5.67. The number of hydrogen-bond acceptors (Lipinski definition) is 2. The molecule has 4 heteroatoms. The van der Waals surface area contributed by atoms with E-state index in [9.17, 15) is 9.59 Å². The van der Waals surface area contributed by atoms with Crippen LogP contribution < -0.4 is 5.32 Å². The number of hydrogen-bond donors (Lipinski definition) is 1. The molecule has 21 heavy (non-hydrogen) atoms. The third-order valence-electron chi connectivity index (χ3n) is 3.90. The van der Waals surface area contributed by atoms with Crippen LogP contribution in [0.2, 0.25) is 0 Å². The van der Waals surface area contributed by atoms with Crippen LogP contribution in [0.3, 0.4) is 0 Å². The molecule has 0 atom stereocenters. The zero-order valence-corrected chi connectivity index (χ0v) is 12.7. The molecule has 2 amide bonds. The van der Waals surface area contributed by atoms with Crippen molar-refractivity contribution in [2.45, 2.75) is 39.0 Å². The average Bonchev–Trinajstić information content (AvgIpc) is 2.77. The van der Waals surface area contributed by atoms with Crippen LogP contribution in [0.15, 0.2) is 24.3 Å². The molecular formula is C17H24N2O2. The predicted molar refractivity (Wildman–Crippen MR) is 83.6 cm³/mol. The van der Waals surface area contributed by atoms with Crippen LogP contribution in [0, 0.1) is 6.92 Å². The van der Waals surface area contributed by atoms with Crippen molar-refractivity contribution in [3.63, 3.8) is 0 Å². The minimum absolute atomic E-state index is 0.0337. The third kappa shape index (κ3) is 4.88. The highest BCUT2D eigenvalue weighted by molar-refractivity contribution is 5.96. The van der Waals surface area contributed by atoms with Gasteiger partial charge in [-0.05, 0) is 19.8 Å². The number of amides is 2. The number of nitrogens with one attached hydrogen (secondary N) is 1. The van der Waals surface area contributed by atoms with Crippen LogP contribution in [-0.2, 0) is 0 Å². The Kier molecular flexibility index (Phi) is 5.78. The summed E-state index contributed by atoms with van der Waals surface area (Å²) in [7, 11) is 0. The molecule has 0 aromatic heterocycles. The highest BCUT2D eigenvalue weighted by Gasteiger charge is 2.15. The summed E-state index contributed by atoms with van der Waals surface area (Å²) in [6, 6.07) is 7.52. The molecule has 2 rings (SSSR count). The maximum atomic E-state index is 12.0. The Morgan fingerprint density at radius 3 is 2.29 bits per heavy atom. The summed E-state index contributed by atoms with van der Waals surface area (Å²) in [5.74, 6) is 0.0752. The van der Waals surface area contributed by atoms with Crippen LogP contribution in [0.25, 0.3) is 0 Å². The molecule has 1 N–H and O–H groups in total. The molecule has 0 aliphatic carbocycles. The standard InChI is InChI=1S/C17H24N2O2/c1-14-6-8-15(9-7-14)16(20)10-11-18-17(21)19-12-4-2-3-5-13-19/h6-9H,2-5,10-13H2,1H3,(H,18,21). The molecule has 4 nitrogen and oxygen atoms in total. The fourth-order valence-electron chi connectivity index (χ4n) is 2.55. The molecule has 1 fully saturated rings. The van der Waals surface area contributed by atoms with Gasteiger partial charge in [-0.3, -0.25) is 4.79 Å². The van der Waals surface area contributed by atoms with Gasteiger partial charge in [-0.2, -0.15) is 0 Å². The Labute approximate surface area is 126 Å². The van der Waals surface area contributed by atoms with E-state index < -0.39 is 0 Å². The number of aryl methyl sites for hydroxylation is 1. The van der Waals surface area contributed by atoms with Gasteiger partial charge in [0.05, 0.1) is 0 Å². The minimum atomic E-state index is -0.0337. The van der Waals surface area contributed by atoms with Crippen LogP contribution in [-0.4, -0.2) is 36.3 Å². The number of carbonyl (C=O) groups excluding carboxylic acids is 2. The number of nitrogens with zero attached hydrogens (tertiary/aromatic N) is 1. The average molecular weight is 288 g/mol. The Balaban J connectivity index is 1.74. The smallest absolute Gasteiger partial charge is 0.317 e. The molecule has 114 valence electrons. The first-order valence-corrected chi connectivity index (χ1v) is 7.79. The third-order valence-corrected chi connectivity index (χ3v) is 3.90. The molecule has 0 unspecified atom stereocenters. The number of ketones is 1. The van der Waals surface area contributed by atoms with Crippen molar-refractivity contribution >= 4 is 11.8 Å². The van der Waals surface area contributed by atoms with Gasteiger partial charge in [0, 0.05) is 31.6 Å². The maximum absolute atomic E-state index is 12.0. The highest BCUT2D eigenvalue weighted by atomic mass is 16.2. The van der Waals surface area contributed by atoms with Crippen molar-refractivity contribution in [1.82, 2.24) is 10.2 Å². The predicted octanol–water partition coefficient (Wildman–Crippen LogP) is 3.15. The van der Waals surface area contributed by atoms with Gasteiger partial charge in [-0.15, -0.1) is 0 Å². The first kappa shape index (κ1) is 15.5. The Morgan fingerprint density at radius 2 is 1.67 bits per heavy atom. The maximum Gasteiger partial charge on any atom is 0.317 e. The summed E-state index contributed by atoms with van der Waals surface area (Å²) >= 11 is 0. The van der Waals surface area contributed by atoms with E-state index in [0.29, 0.717) is 18.5 Å². The van der Waals surface area contributed by atoms with Gasteiger partial charge in [-0.1, -0.05) is 42.7 Å². The lowest BCUT2D eigenvalue weighted by molar-refractivity contribution is 0.0983. The number of urea groups is 1. The number of carbonyl (C=O) groups is 2. The molecule has 0 bridgehead atoms. The number of benzene rings is 1. The summed E-state index contributed by atoms with van der Waals surface area (Å²) in [4.78, 5) is 25.9. The highest BCUT2D eigenvalue weighted by Crippen LogP contribution is 2.10. The van der Waals surface area contributed by atoms with Gasteiger partial charge in [0.2, 0.25) is 0 Å². The number of rotatable bonds is 4. The Bertz CT molecular complexity index is 474. The van der Waals surface area contributed by atoms with E-state index in [1.165, 1.54) is 12.8 Å². The zero-order valence-electron chi connectivity index (χ0n) is 12.7. The molecule has 0 spiro atoms. The van der Waals surface area contributed by atoms with E-state index in [4.69, 9.17) is 0 Å². The normalized spacial score (nSPS) is 15.4. The van der Waals surface area contributed by atoms with E-state index in [-0.39, 0.29) is 11.8 Å². The Morgan fingerprint density at radius 1 is 1.05 bits per heavy atom. The molecule has 0 radical (unpaired) electrons. The van der Waals surface area contributed by atoms with E-state index >= 15 is 0 Å². The molecule has 1 aromatic carbocycles. The SMILES string of the molecule is Cc1ccc(C(=O)CCNC(=O)N2CCCCCC2)cc1. The molecule has 1 aliphatic rings. The van der Waals surface area contributed by atoms with Gasteiger partial charge in [-0.25, -0.2) is 4.79 Å². The minimum Gasteiger partial charge on any atom is -0.338 e. The van der Waals surface area contributed by atoms with E-state index in [2.05, 4.69) is 5.32 Å². The van der Waals surface area contributed by atoms with E-state index in [1.54, 1.807) is 0 Å². The second-order valence-corrected chi connectivity index (χ2v) is 5.67. The second kappa shape index (κ2) is 7.81. The fourth-order valence-corrected chi connectivity index (χ4v) is 2.55. The van der Waals surface area contributed by atoms with Crippen LogP contribution in [0.4, 0.5) is 4.79 Å². The number of Topliss-reactive ketones (excluding diaryl/α,β-unsaturated/α-hetero) is 1. The monoisotopic (exact) mass is 288 g/mol. The first-order chi connectivity index (χ1) is 10.2. The van der Waals surface area contributed by atoms with Gasteiger partial charge in [0.1, 0.15) is 0 Å². The quantitative estimate of drug-likeness (QED) is 0.865. The lowest BCUT2D eigenvalue weighted by Crippen LogP contribution is -2.41. The summed E-state index contributed by atoms with van der Waals surface area (Å²) in [6.45, 7) is 4.06. The van der Waals surface area contributed by atoms with Crippen molar-refractivity contribution in [3.05, 3.63) is 35.4 Å². The molecule has 0 saturated carbocycles. The number of likely N-dealkylation sites (tertiary alicyclic amines) is 1. The largest absolute Gasteiger partial charge is 0.338 e. The van der Waals surface area contributed by atoms with E-state index in [1.807, 2.05) is 36.1 Å². The fraction of sp³-hybridized carbons (Fsp3) is 0.529. The molecule has 1 heterocycles. The van der Waals surface area contributed by atoms with Crippen LogP contribution in [0.1, 0.15) is 48.0 Å². The van der Waals surface area contributed by atoms with Gasteiger partial charge >= 0.3 is 6.03 Å². The molecule has 1 aliphatic heterocycles. The topological polar surface area (TPSA) is 49.4 Å². The lowest BCUT2D eigenvalue weighted by atomic mass is 10.1. The van der Waals surface area contributed by atoms with Crippen molar-refractivity contribution in [2.24, 2.45) is 0 Å². The van der Waals surface area contributed by atoms with Gasteiger partial charge in [0.25, 0.3) is 0 Å². The van der Waals surface area contributed by atoms with Crippen LogP contribution in [0.5, 0.6) is 0 Å². The van der Waals surface area contributed by atoms with Crippen molar-refractivity contribution in [3.8, 4) is 0 Å². The molecular weight excluding hydrogens is 264 g/mol. The summed E-state index contributed by atoms with van der Waals surface area (Å²) in [5.41, 5.74) is 1.85. The molecule has 1 saturated heterocycles. The van der Waals surface area contributed by atoms with Crippen molar-refractivity contribution in [1.29, 1.82) is 0 Å². The van der Waals surface area contributed by atoms with Crippen LogP contribution >= 0.6 is 0 Å². The van der Waals surface area contributed by atoms with Gasteiger partial charge in [0.15, 0.2) is 5.78 Å². The molecule has 1 aromatic rings.